The summed E-state index contributed by atoms with van der Waals surface area (Å²) in [6.45, 7) is 2.94. The van der Waals surface area contributed by atoms with E-state index in [4.69, 9.17) is 4.74 Å². The number of nitrogens with zero attached hydrogens (tertiary/aromatic N) is 1. The zero-order valence-corrected chi connectivity index (χ0v) is 8.65. The predicted molar refractivity (Wildman–Crippen MR) is 58.4 cm³/mol. The minimum Gasteiger partial charge on any atom is -0.508 e. The summed E-state index contributed by atoms with van der Waals surface area (Å²) >= 11 is 0. The van der Waals surface area contributed by atoms with Gasteiger partial charge in [-0.1, -0.05) is 6.07 Å². The van der Waals surface area contributed by atoms with Crippen molar-refractivity contribution in [3.05, 3.63) is 23.8 Å². The molecule has 0 saturated carbocycles. The molecule has 2 heterocycles. The summed E-state index contributed by atoms with van der Waals surface area (Å²) in [7, 11) is 0. The number of phenolic OH excluding ortho intramolecular Hbond substituents is 1. The van der Waals surface area contributed by atoms with Crippen LogP contribution in [-0.4, -0.2) is 30.9 Å². The van der Waals surface area contributed by atoms with Gasteiger partial charge in [0.05, 0.1) is 12.7 Å². The summed E-state index contributed by atoms with van der Waals surface area (Å²) in [5.41, 5.74) is 2.54. The molecule has 2 aliphatic heterocycles. The monoisotopic (exact) mass is 205 g/mol. The van der Waals surface area contributed by atoms with Gasteiger partial charge in [-0.15, -0.1) is 0 Å². The first kappa shape index (κ1) is 9.04. The molecule has 3 rings (SSSR count). The first-order chi connectivity index (χ1) is 7.33. The lowest BCUT2D eigenvalue weighted by molar-refractivity contribution is 0.405. The van der Waals surface area contributed by atoms with Crippen LogP contribution in [0.25, 0.3) is 0 Å². The molecule has 1 unspecified atom stereocenters. The van der Waals surface area contributed by atoms with Crippen LogP contribution in [0.4, 0.5) is 5.69 Å². The minimum atomic E-state index is 0.359. The van der Waals surface area contributed by atoms with E-state index in [1.165, 1.54) is 17.7 Å². The molecule has 15 heavy (non-hydrogen) atoms. The second kappa shape index (κ2) is 3.42. The molecule has 3 nitrogen and oxygen atoms in total. The molecular weight excluding hydrogens is 190 g/mol. The van der Waals surface area contributed by atoms with Crippen LogP contribution in [0.15, 0.2) is 18.2 Å². The quantitative estimate of drug-likeness (QED) is 0.744. The number of aryl methyl sites for hydroxylation is 1. The summed E-state index contributed by atoms with van der Waals surface area (Å²) in [6, 6.07) is 5.68. The van der Waals surface area contributed by atoms with Crippen molar-refractivity contribution in [2.75, 3.05) is 24.6 Å². The zero-order chi connectivity index (χ0) is 10.3. The van der Waals surface area contributed by atoms with Crippen molar-refractivity contribution < 1.29 is 9.84 Å². The van der Waals surface area contributed by atoms with Gasteiger partial charge in [-0.3, -0.25) is 0 Å². The zero-order valence-electron chi connectivity index (χ0n) is 8.65. The summed E-state index contributed by atoms with van der Waals surface area (Å²) in [4.78, 5) is 2.33. The largest absolute Gasteiger partial charge is 0.508 e. The van der Waals surface area contributed by atoms with Crippen LogP contribution in [0.3, 0.4) is 0 Å². The van der Waals surface area contributed by atoms with Gasteiger partial charge in [0.25, 0.3) is 0 Å². The molecule has 0 bridgehead atoms. The van der Waals surface area contributed by atoms with Gasteiger partial charge < -0.3 is 14.7 Å². The number of rotatable bonds is 2. The summed E-state index contributed by atoms with van der Waals surface area (Å²) < 4.78 is 5.25. The normalized spacial score (nSPS) is 23.7. The van der Waals surface area contributed by atoms with Gasteiger partial charge in [0.15, 0.2) is 0 Å². The molecule has 80 valence electrons. The Balaban J connectivity index is 1.89. The maximum atomic E-state index is 9.50. The van der Waals surface area contributed by atoms with E-state index in [9.17, 15) is 5.11 Å². The highest BCUT2D eigenvalue weighted by molar-refractivity contribution is 5.58. The van der Waals surface area contributed by atoms with Gasteiger partial charge in [-0.25, -0.2) is 0 Å². The Labute approximate surface area is 89.3 Å². The molecule has 1 aromatic rings. The van der Waals surface area contributed by atoms with Gasteiger partial charge in [-0.2, -0.15) is 0 Å². The molecule has 0 spiro atoms. The Morgan fingerprint density at radius 3 is 3.13 bits per heavy atom. The molecule has 0 amide bonds. The highest BCUT2D eigenvalue weighted by Crippen LogP contribution is 2.31. The number of aromatic hydroxyl groups is 1. The lowest BCUT2D eigenvalue weighted by Gasteiger charge is -2.30. The Bertz CT molecular complexity index is 374. The molecule has 1 N–H and O–H groups in total. The van der Waals surface area contributed by atoms with Gasteiger partial charge in [0.2, 0.25) is 0 Å². The van der Waals surface area contributed by atoms with Crippen LogP contribution in [-0.2, 0) is 11.2 Å². The molecule has 1 atom stereocenters. The number of phenols is 1. The Morgan fingerprint density at radius 2 is 2.33 bits per heavy atom. The van der Waals surface area contributed by atoms with Crippen LogP contribution >= 0.6 is 0 Å². The lowest BCUT2D eigenvalue weighted by atomic mass is 10.0. The topological polar surface area (TPSA) is 36.0 Å². The van der Waals surface area contributed by atoms with Gasteiger partial charge in [0, 0.05) is 24.8 Å². The Morgan fingerprint density at radius 1 is 1.47 bits per heavy atom. The predicted octanol–water partition coefficient (Wildman–Crippen LogP) is 1.54. The van der Waals surface area contributed by atoms with Crippen molar-refractivity contribution in [3.8, 4) is 5.75 Å². The van der Waals surface area contributed by atoms with Crippen LogP contribution in [0.2, 0.25) is 0 Å². The molecule has 2 aliphatic rings. The number of ether oxygens (including phenoxy) is 1. The average molecular weight is 205 g/mol. The minimum absolute atomic E-state index is 0.359. The standard InChI is InChI=1S/C12H15NO2/c14-10-4-3-9-2-1-5-13(12(9)6-10)7-11-8-15-11/h3-4,6,11,14H,1-2,5,7-8H2. The van der Waals surface area contributed by atoms with Crippen LogP contribution in [0.5, 0.6) is 5.75 Å². The first-order valence-corrected chi connectivity index (χ1v) is 5.51. The maximum Gasteiger partial charge on any atom is 0.117 e. The number of benzene rings is 1. The molecule has 1 aromatic carbocycles. The number of hydrogen-bond donors (Lipinski definition) is 1. The second-order valence-electron chi connectivity index (χ2n) is 4.32. The molecule has 0 aromatic heterocycles. The Hall–Kier alpha value is -1.22. The second-order valence-corrected chi connectivity index (χ2v) is 4.32. The van der Waals surface area contributed by atoms with Crippen molar-refractivity contribution in [2.24, 2.45) is 0 Å². The van der Waals surface area contributed by atoms with Crippen LogP contribution in [0, 0.1) is 0 Å². The fourth-order valence-corrected chi connectivity index (χ4v) is 2.25. The van der Waals surface area contributed by atoms with Crippen molar-refractivity contribution in [1.29, 1.82) is 0 Å². The third-order valence-corrected chi connectivity index (χ3v) is 3.11. The van der Waals surface area contributed by atoms with E-state index >= 15 is 0 Å². The average Bonchev–Trinajstić information content (AvgIpc) is 3.03. The lowest BCUT2D eigenvalue weighted by Crippen LogP contribution is -2.32. The highest BCUT2D eigenvalue weighted by Gasteiger charge is 2.27. The van der Waals surface area contributed by atoms with Crippen molar-refractivity contribution in [1.82, 2.24) is 0 Å². The van der Waals surface area contributed by atoms with E-state index < -0.39 is 0 Å². The molecule has 1 fully saturated rings. The number of fused-ring (bicyclic) bond motifs is 1. The molecule has 1 saturated heterocycles. The molecule has 3 heteroatoms. The fourth-order valence-electron chi connectivity index (χ4n) is 2.25. The third-order valence-electron chi connectivity index (χ3n) is 3.11. The molecule has 0 aliphatic carbocycles. The van der Waals surface area contributed by atoms with Crippen LogP contribution in [0.1, 0.15) is 12.0 Å². The van der Waals surface area contributed by atoms with Gasteiger partial charge in [0.1, 0.15) is 5.75 Å². The van der Waals surface area contributed by atoms with Crippen molar-refractivity contribution in [2.45, 2.75) is 18.9 Å². The van der Waals surface area contributed by atoms with E-state index in [2.05, 4.69) is 4.90 Å². The third kappa shape index (κ3) is 1.79. The highest BCUT2D eigenvalue weighted by atomic mass is 16.6. The summed E-state index contributed by atoms with van der Waals surface area (Å²) in [5.74, 6) is 0.359. The molecule has 0 radical (unpaired) electrons. The number of epoxide rings is 1. The maximum absolute atomic E-state index is 9.50. The van der Waals surface area contributed by atoms with E-state index in [0.717, 1.165) is 26.1 Å². The first-order valence-electron chi connectivity index (χ1n) is 5.51. The van der Waals surface area contributed by atoms with E-state index in [1.54, 1.807) is 6.07 Å². The summed E-state index contributed by atoms with van der Waals surface area (Å²) in [5, 5.41) is 9.50. The number of anilines is 1. The number of hydrogen-bond acceptors (Lipinski definition) is 3. The van der Waals surface area contributed by atoms with Crippen LogP contribution < -0.4 is 4.90 Å². The van der Waals surface area contributed by atoms with Crippen molar-refractivity contribution >= 4 is 5.69 Å². The van der Waals surface area contributed by atoms with Gasteiger partial charge in [-0.05, 0) is 24.5 Å². The Kier molecular flexibility index (Phi) is 2.06. The summed E-state index contributed by atoms with van der Waals surface area (Å²) in [6.07, 6.45) is 2.74. The van der Waals surface area contributed by atoms with E-state index in [-0.39, 0.29) is 0 Å². The molecular formula is C12H15NO2. The smallest absolute Gasteiger partial charge is 0.117 e. The van der Waals surface area contributed by atoms with E-state index in [0.29, 0.717) is 11.9 Å². The SMILES string of the molecule is Oc1ccc2c(c1)N(CC1CO1)CCC2. The van der Waals surface area contributed by atoms with Gasteiger partial charge >= 0.3 is 0 Å². The van der Waals surface area contributed by atoms with Crippen molar-refractivity contribution in [3.63, 3.8) is 0 Å². The fraction of sp³-hybridized carbons (Fsp3) is 0.500. The van der Waals surface area contributed by atoms with E-state index in [1.807, 2.05) is 12.1 Å².